The minimum Gasteiger partial charge on any atom is -0.661 e. The molecule has 0 radical (unpaired) electrons. The minimum atomic E-state index is 0.429. The Balaban J connectivity index is 2.34. The van der Waals surface area contributed by atoms with E-state index < -0.39 is 0 Å². The molecule has 0 aliphatic heterocycles. The van der Waals surface area contributed by atoms with Crippen LogP contribution in [0.15, 0.2) is 59.2 Å². The molecule has 3 heteroatoms. The Kier molecular flexibility index (Phi) is 7.23. The van der Waals surface area contributed by atoms with E-state index in [1.165, 1.54) is 11.1 Å². The van der Waals surface area contributed by atoms with E-state index in [4.69, 9.17) is 10.1 Å². The van der Waals surface area contributed by atoms with E-state index in [1.807, 2.05) is 44.2 Å². The Morgan fingerprint density at radius 3 is 2.07 bits per heavy atom. The molecule has 0 saturated heterocycles. The van der Waals surface area contributed by atoms with Crippen LogP contribution >= 0.6 is 0 Å². The lowest BCUT2D eigenvalue weighted by molar-refractivity contribution is 0.416. The third-order valence-corrected chi connectivity index (χ3v) is 4.43. The molecule has 0 spiro atoms. The average molecular weight is 364 g/mol. The van der Waals surface area contributed by atoms with Crippen molar-refractivity contribution in [1.29, 1.82) is 0 Å². The van der Waals surface area contributed by atoms with Crippen molar-refractivity contribution in [2.45, 2.75) is 53.4 Å². The molecule has 3 nitrogen and oxygen atoms in total. The molecule has 0 aliphatic carbocycles. The molecule has 0 saturated carbocycles. The van der Waals surface area contributed by atoms with Gasteiger partial charge in [0.1, 0.15) is 11.4 Å². The van der Waals surface area contributed by atoms with Gasteiger partial charge >= 0.3 is 0 Å². The van der Waals surface area contributed by atoms with E-state index in [1.54, 1.807) is 7.11 Å². The summed E-state index contributed by atoms with van der Waals surface area (Å²) in [5.41, 5.74) is 6.34. The highest BCUT2D eigenvalue weighted by atomic mass is 16.5. The fourth-order valence-corrected chi connectivity index (χ4v) is 3.10. The summed E-state index contributed by atoms with van der Waals surface area (Å²) in [5, 5.41) is 4.97. The van der Waals surface area contributed by atoms with Gasteiger partial charge in [-0.3, -0.25) is 0 Å². The van der Waals surface area contributed by atoms with Gasteiger partial charge in [-0.2, -0.15) is 5.70 Å². The van der Waals surface area contributed by atoms with Gasteiger partial charge < -0.3 is 10.1 Å². The van der Waals surface area contributed by atoms with Gasteiger partial charge in [0.15, 0.2) is 0 Å². The van der Waals surface area contributed by atoms with Crippen molar-refractivity contribution in [1.82, 2.24) is 0 Å². The molecule has 2 aromatic carbocycles. The summed E-state index contributed by atoms with van der Waals surface area (Å²) < 4.78 is 5.38. The van der Waals surface area contributed by atoms with Crippen LogP contribution in [0.25, 0.3) is 5.32 Å². The van der Waals surface area contributed by atoms with Crippen LogP contribution < -0.4 is 4.74 Å². The molecule has 2 rings (SSSR count). The van der Waals surface area contributed by atoms with Gasteiger partial charge in [-0.15, -0.1) is 5.69 Å². The highest BCUT2D eigenvalue weighted by molar-refractivity contribution is 5.96. The van der Waals surface area contributed by atoms with Crippen LogP contribution in [0.1, 0.15) is 64.5 Å². The smallest absolute Gasteiger partial charge is 0.144 e. The van der Waals surface area contributed by atoms with Crippen LogP contribution in [-0.2, 0) is 0 Å². The number of benzene rings is 2. The molecule has 2 aromatic rings. The van der Waals surface area contributed by atoms with Crippen molar-refractivity contribution >= 4 is 17.1 Å². The molecular weight excluding hydrogens is 332 g/mol. The fraction of sp³-hybridized carbons (Fsp3) is 0.375. The van der Waals surface area contributed by atoms with Crippen LogP contribution in [0, 0.1) is 0 Å². The van der Waals surface area contributed by atoms with Gasteiger partial charge in [0.2, 0.25) is 0 Å². The number of ether oxygens (including phenoxy) is 1. The number of hydrogen-bond acceptors (Lipinski definition) is 2. The number of rotatable bonds is 7. The normalized spacial score (nSPS) is 12.6. The molecule has 144 valence electrons. The second-order valence-corrected chi connectivity index (χ2v) is 7.42. The first kappa shape index (κ1) is 20.8. The van der Waals surface area contributed by atoms with E-state index in [-0.39, 0.29) is 0 Å². The van der Waals surface area contributed by atoms with Crippen LogP contribution in [0.2, 0.25) is 0 Å². The van der Waals surface area contributed by atoms with Crippen molar-refractivity contribution in [3.8, 4) is 5.75 Å². The van der Waals surface area contributed by atoms with Crippen LogP contribution in [0.5, 0.6) is 5.75 Å². The predicted molar refractivity (Wildman–Crippen MR) is 117 cm³/mol. The number of hydrogen-bond donors (Lipinski definition) is 0. The summed E-state index contributed by atoms with van der Waals surface area (Å²) in [4.78, 5) is 4.68. The first-order valence-corrected chi connectivity index (χ1v) is 9.54. The number of para-hydroxylation sites is 3. The van der Waals surface area contributed by atoms with E-state index in [9.17, 15) is 0 Å². The molecule has 0 atom stereocenters. The number of allylic oxidation sites excluding steroid dienone is 2. The number of methoxy groups -OCH3 is 1. The molecule has 0 aromatic heterocycles. The van der Waals surface area contributed by atoms with Gasteiger partial charge in [-0.1, -0.05) is 82.2 Å². The van der Waals surface area contributed by atoms with Crippen LogP contribution in [-0.4, -0.2) is 12.8 Å². The molecule has 0 bridgehead atoms. The van der Waals surface area contributed by atoms with E-state index >= 15 is 0 Å². The van der Waals surface area contributed by atoms with Gasteiger partial charge in [0.25, 0.3) is 0 Å². The van der Waals surface area contributed by atoms with Crippen LogP contribution in [0.4, 0.5) is 11.4 Å². The van der Waals surface area contributed by atoms with Gasteiger partial charge in [-0.25, -0.2) is 4.99 Å². The summed E-state index contributed by atoms with van der Waals surface area (Å²) in [6, 6.07) is 14.3. The molecule has 0 heterocycles. The first-order chi connectivity index (χ1) is 12.8. The predicted octanol–water partition coefficient (Wildman–Crippen LogP) is 7.64. The first-order valence-electron chi connectivity index (χ1n) is 9.54. The molecule has 0 fully saturated rings. The number of nitrogens with zero attached hydrogens (tertiary/aromatic N) is 2. The Morgan fingerprint density at radius 2 is 1.52 bits per heavy atom. The Morgan fingerprint density at radius 1 is 0.926 bits per heavy atom. The van der Waals surface area contributed by atoms with Crippen molar-refractivity contribution < 1.29 is 4.74 Å². The molecular formula is C24H31N2O-. The van der Waals surface area contributed by atoms with Crippen molar-refractivity contribution in [3.05, 3.63) is 70.7 Å². The fourth-order valence-electron chi connectivity index (χ4n) is 3.10. The third kappa shape index (κ3) is 5.46. The maximum absolute atomic E-state index is 5.38. The van der Waals surface area contributed by atoms with E-state index in [0.717, 1.165) is 28.5 Å². The van der Waals surface area contributed by atoms with Gasteiger partial charge in [0.05, 0.1) is 7.11 Å². The zero-order valence-electron chi connectivity index (χ0n) is 17.6. The highest BCUT2D eigenvalue weighted by Crippen LogP contribution is 2.39. The third-order valence-electron chi connectivity index (χ3n) is 4.43. The highest BCUT2D eigenvalue weighted by Gasteiger charge is 2.07. The summed E-state index contributed by atoms with van der Waals surface area (Å²) in [5.74, 6) is 1.63. The summed E-state index contributed by atoms with van der Waals surface area (Å²) in [7, 11) is 1.66. The number of aliphatic imine (C=N–C) groups is 1. The second-order valence-electron chi connectivity index (χ2n) is 7.42. The quantitative estimate of drug-likeness (QED) is 0.465. The lowest BCUT2D eigenvalue weighted by atomic mass is 9.92. The van der Waals surface area contributed by atoms with Gasteiger partial charge in [0, 0.05) is 5.71 Å². The Hall–Kier alpha value is -2.55. The maximum atomic E-state index is 5.38. The Bertz CT molecular complexity index is 806. The molecule has 0 unspecified atom stereocenters. The monoisotopic (exact) mass is 363 g/mol. The van der Waals surface area contributed by atoms with E-state index in [2.05, 4.69) is 50.9 Å². The molecule has 27 heavy (non-hydrogen) atoms. The summed E-state index contributed by atoms with van der Waals surface area (Å²) in [6.07, 6.45) is 2.02. The lowest BCUT2D eigenvalue weighted by Crippen LogP contribution is -1.97. The molecule has 0 amide bonds. The average Bonchev–Trinajstić information content (AvgIpc) is 2.61. The van der Waals surface area contributed by atoms with Crippen LogP contribution in [0.3, 0.4) is 0 Å². The minimum absolute atomic E-state index is 0.429. The van der Waals surface area contributed by atoms with Crippen molar-refractivity contribution in [2.75, 3.05) is 7.11 Å². The summed E-state index contributed by atoms with van der Waals surface area (Å²) >= 11 is 0. The SMILES string of the molecule is COc1ccccc1N=C(C)/C=C(\C)[N-]c1c(C(C)C)cccc1C(C)C. The maximum Gasteiger partial charge on any atom is 0.144 e. The van der Waals surface area contributed by atoms with Crippen molar-refractivity contribution in [2.24, 2.45) is 4.99 Å². The van der Waals surface area contributed by atoms with Gasteiger partial charge in [-0.05, 0) is 30.9 Å². The lowest BCUT2D eigenvalue weighted by Gasteiger charge is -2.32. The van der Waals surface area contributed by atoms with E-state index in [0.29, 0.717) is 11.8 Å². The second kappa shape index (κ2) is 9.40. The van der Waals surface area contributed by atoms with Crippen molar-refractivity contribution in [3.63, 3.8) is 0 Å². The summed E-state index contributed by atoms with van der Waals surface area (Å²) in [6.45, 7) is 12.9. The Labute approximate surface area is 164 Å². The standard InChI is InChI=1S/C24H31N2O/c1-16(2)20-11-10-12-21(17(3)4)24(20)26-19(6)15-18(5)25-22-13-8-9-14-23(22)27-7/h8-17H,1-7H3/q-1/b19-15+,25-18?. The zero-order chi connectivity index (χ0) is 20.0. The largest absolute Gasteiger partial charge is 0.661 e. The zero-order valence-corrected chi connectivity index (χ0v) is 17.6. The molecule has 0 N–H and O–H groups in total. The topological polar surface area (TPSA) is 35.7 Å². The molecule has 0 aliphatic rings.